The molecule has 1 aromatic carbocycles. The summed E-state index contributed by atoms with van der Waals surface area (Å²) in [7, 11) is 1.60. The van der Waals surface area contributed by atoms with E-state index in [4.69, 9.17) is 16.3 Å². The van der Waals surface area contributed by atoms with Crippen molar-refractivity contribution in [3.05, 3.63) is 58.9 Å². The second kappa shape index (κ2) is 7.09. The van der Waals surface area contributed by atoms with E-state index in [0.717, 1.165) is 16.9 Å². The van der Waals surface area contributed by atoms with Crippen LogP contribution in [0.2, 0.25) is 5.15 Å². The van der Waals surface area contributed by atoms with E-state index in [1.807, 2.05) is 24.3 Å². The van der Waals surface area contributed by atoms with Gasteiger partial charge in [0, 0.05) is 6.20 Å². The number of nitrogens with zero attached hydrogens (tertiary/aromatic N) is 1. The zero-order valence-corrected chi connectivity index (χ0v) is 12.4. The van der Waals surface area contributed by atoms with Crippen molar-refractivity contribution in [1.82, 2.24) is 4.98 Å². The van der Waals surface area contributed by atoms with E-state index in [0.29, 0.717) is 18.0 Å². The van der Waals surface area contributed by atoms with E-state index < -0.39 is 11.9 Å². The van der Waals surface area contributed by atoms with Crippen molar-refractivity contribution in [1.29, 1.82) is 0 Å². The molecule has 0 aliphatic heterocycles. The summed E-state index contributed by atoms with van der Waals surface area (Å²) < 4.78 is 5.09. The number of aliphatic carboxylic acids is 1. The zero-order valence-electron chi connectivity index (χ0n) is 11.6. The second-order valence-electron chi connectivity index (χ2n) is 4.78. The molecule has 1 unspecified atom stereocenters. The molecule has 0 fully saturated rings. The van der Waals surface area contributed by atoms with E-state index in [1.165, 1.54) is 0 Å². The average molecular weight is 306 g/mol. The van der Waals surface area contributed by atoms with Gasteiger partial charge < -0.3 is 9.84 Å². The van der Waals surface area contributed by atoms with Crippen molar-refractivity contribution < 1.29 is 14.6 Å². The second-order valence-corrected chi connectivity index (χ2v) is 5.17. The number of ether oxygens (including phenoxy) is 1. The van der Waals surface area contributed by atoms with Crippen LogP contribution in [-0.2, 0) is 17.6 Å². The first-order valence-electron chi connectivity index (χ1n) is 6.54. The lowest BCUT2D eigenvalue weighted by atomic mass is 9.93. The summed E-state index contributed by atoms with van der Waals surface area (Å²) in [5.41, 5.74) is 1.82. The molecule has 2 aromatic rings. The minimum absolute atomic E-state index is 0.403. The standard InChI is InChI=1S/C16H16ClNO3/c1-21-14-5-2-11(3-6-14)8-13(16(19)20)9-12-4-7-15(17)18-10-12/h2-7,10,13H,8-9H2,1H3,(H,19,20). The van der Waals surface area contributed by atoms with E-state index in [9.17, 15) is 9.90 Å². The number of pyridine rings is 1. The Labute approximate surface area is 128 Å². The monoisotopic (exact) mass is 305 g/mol. The average Bonchev–Trinajstić information content (AvgIpc) is 2.49. The Morgan fingerprint density at radius 1 is 1.19 bits per heavy atom. The van der Waals surface area contributed by atoms with Gasteiger partial charge >= 0.3 is 5.97 Å². The van der Waals surface area contributed by atoms with Crippen LogP contribution in [0.15, 0.2) is 42.6 Å². The van der Waals surface area contributed by atoms with E-state index in [-0.39, 0.29) is 0 Å². The van der Waals surface area contributed by atoms with Crippen LogP contribution in [0, 0.1) is 5.92 Å². The van der Waals surface area contributed by atoms with Crippen molar-refractivity contribution in [2.24, 2.45) is 5.92 Å². The van der Waals surface area contributed by atoms with Crippen molar-refractivity contribution >= 4 is 17.6 Å². The molecular weight excluding hydrogens is 290 g/mol. The van der Waals surface area contributed by atoms with Crippen LogP contribution < -0.4 is 4.74 Å². The number of methoxy groups -OCH3 is 1. The van der Waals surface area contributed by atoms with Gasteiger partial charge in [0.2, 0.25) is 0 Å². The molecule has 0 spiro atoms. The van der Waals surface area contributed by atoms with Crippen LogP contribution in [0.3, 0.4) is 0 Å². The highest BCUT2D eigenvalue weighted by Crippen LogP contribution is 2.18. The van der Waals surface area contributed by atoms with Gasteiger partial charge in [0.15, 0.2) is 0 Å². The van der Waals surface area contributed by atoms with Crippen molar-refractivity contribution in [2.45, 2.75) is 12.8 Å². The van der Waals surface area contributed by atoms with Gasteiger partial charge in [-0.25, -0.2) is 4.98 Å². The van der Waals surface area contributed by atoms with Crippen LogP contribution >= 0.6 is 11.6 Å². The van der Waals surface area contributed by atoms with Crippen LogP contribution in [0.5, 0.6) is 5.75 Å². The SMILES string of the molecule is COc1ccc(CC(Cc2ccc(Cl)nc2)C(=O)O)cc1. The number of aromatic nitrogens is 1. The summed E-state index contributed by atoms with van der Waals surface area (Å²) in [4.78, 5) is 15.4. The fourth-order valence-electron chi connectivity index (χ4n) is 2.10. The van der Waals surface area contributed by atoms with Gasteiger partial charge in [0.05, 0.1) is 13.0 Å². The van der Waals surface area contributed by atoms with Gasteiger partial charge in [-0.15, -0.1) is 0 Å². The topological polar surface area (TPSA) is 59.4 Å². The highest BCUT2D eigenvalue weighted by Gasteiger charge is 2.19. The highest BCUT2D eigenvalue weighted by molar-refractivity contribution is 6.29. The van der Waals surface area contributed by atoms with Crippen molar-refractivity contribution in [3.8, 4) is 5.75 Å². The first-order valence-corrected chi connectivity index (χ1v) is 6.92. The molecule has 0 radical (unpaired) electrons. The number of hydrogen-bond donors (Lipinski definition) is 1. The molecule has 21 heavy (non-hydrogen) atoms. The number of carboxylic acids is 1. The molecule has 0 aliphatic carbocycles. The molecule has 1 N–H and O–H groups in total. The molecule has 0 amide bonds. The lowest BCUT2D eigenvalue weighted by Gasteiger charge is -2.13. The molecule has 1 heterocycles. The minimum atomic E-state index is -0.819. The van der Waals surface area contributed by atoms with Gasteiger partial charge in [0.25, 0.3) is 0 Å². The summed E-state index contributed by atoms with van der Waals surface area (Å²) in [5.74, 6) is -0.560. The predicted octanol–water partition coefficient (Wildman–Crippen LogP) is 3.23. The molecule has 1 atom stereocenters. The summed E-state index contributed by atoms with van der Waals surface area (Å²) in [6.07, 6.45) is 2.50. The third-order valence-electron chi connectivity index (χ3n) is 3.26. The first kappa shape index (κ1) is 15.3. The lowest BCUT2D eigenvalue weighted by molar-refractivity contribution is -0.141. The molecule has 0 saturated carbocycles. The van der Waals surface area contributed by atoms with Crippen molar-refractivity contribution in [2.75, 3.05) is 7.11 Å². The normalized spacial score (nSPS) is 11.9. The van der Waals surface area contributed by atoms with Gasteiger partial charge in [0.1, 0.15) is 10.9 Å². The number of halogens is 1. The Morgan fingerprint density at radius 3 is 2.33 bits per heavy atom. The van der Waals surface area contributed by atoms with Gasteiger partial charge in [-0.05, 0) is 42.2 Å². The predicted molar refractivity (Wildman–Crippen MR) is 80.8 cm³/mol. The molecule has 1 aromatic heterocycles. The number of hydrogen-bond acceptors (Lipinski definition) is 3. The van der Waals surface area contributed by atoms with Gasteiger partial charge in [-0.1, -0.05) is 29.8 Å². The number of carbonyl (C=O) groups is 1. The van der Waals surface area contributed by atoms with Crippen LogP contribution in [0.25, 0.3) is 0 Å². The van der Waals surface area contributed by atoms with E-state index >= 15 is 0 Å². The third kappa shape index (κ3) is 4.46. The Kier molecular flexibility index (Phi) is 5.17. The maximum atomic E-state index is 11.4. The summed E-state index contributed by atoms with van der Waals surface area (Å²) >= 11 is 5.73. The van der Waals surface area contributed by atoms with E-state index in [2.05, 4.69) is 4.98 Å². The fourth-order valence-corrected chi connectivity index (χ4v) is 2.22. The smallest absolute Gasteiger partial charge is 0.307 e. The number of carboxylic acid groups (broad SMARTS) is 1. The number of benzene rings is 1. The lowest BCUT2D eigenvalue weighted by Crippen LogP contribution is -2.19. The van der Waals surface area contributed by atoms with Crippen LogP contribution in [0.1, 0.15) is 11.1 Å². The molecule has 0 aliphatic rings. The van der Waals surface area contributed by atoms with Crippen molar-refractivity contribution in [3.63, 3.8) is 0 Å². The fraction of sp³-hybridized carbons (Fsp3) is 0.250. The Morgan fingerprint density at radius 2 is 1.81 bits per heavy atom. The number of rotatable bonds is 6. The Hall–Kier alpha value is -2.07. The maximum Gasteiger partial charge on any atom is 0.307 e. The zero-order chi connectivity index (χ0) is 15.2. The third-order valence-corrected chi connectivity index (χ3v) is 3.48. The molecule has 110 valence electrons. The van der Waals surface area contributed by atoms with Gasteiger partial charge in [-0.3, -0.25) is 4.79 Å². The molecular formula is C16H16ClNO3. The van der Waals surface area contributed by atoms with Crippen LogP contribution in [-0.4, -0.2) is 23.2 Å². The van der Waals surface area contributed by atoms with E-state index in [1.54, 1.807) is 25.4 Å². The maximum absolute atomic E-state index is 11.4. The molecule has 0 saturated heterocycles. The first-order chi connectivity index (χ1) is 10.1. The quantitative estimate of drug-likeness (QED) is 0.832. The summed E-state index contributed by atoms with van der Waals surface area (Å²) in [6, 6.07) is 10.9. The van der Waals surface area contributed by atoms with Crippen LogP contribution in [0.4, 0.5) is 0 Å². The Bertz CT molecular complexity index is 596. The largest absolute Gasteiger partial charge is 0.497 e. The molecule has 0 bridgehead atoms. The summed E-state index contributed by atoms with van der Waals surface area (Å²) in [6.45, 7) is 0. The highest BCUT2D eigenvalue weighted by atomic mass is 35.5. The molecule has 2 rings (SSSR count). The molecule has 4 nitrogen and oxygen atoms in total. The minimum Gasteiger partial charge on any atom is -0.497 e. The van der Waals surface area contributed by atoms with Gasteiger partial charge in [-0.2, -0.15) is 0 Å². The molecule has 5 heteroatoms. The Balaban J connectivity index is 2.07. The summed E-state index contributed by atoms with van der Waals surface area (Å²) in [5, 5.41) is 9.78.